The van der Waals surface area contributed by atoms with Crippen molar-refractivity contribution in [2.75, 3.05) is 5.32 Å². The molecule has 0 bridgehead atoms. The molecule has 2 rings (SSSR count). The summed E-state index contributed by atoms with van der Waals surface area (Å²) in [6.07, 6.45) is 8.16. The minimum absolute atomic E-state index is 0.234. The summed E-state index contributed by atoms with van der Waals surface area (Å²) < 4.78 is 0. The Morgan fingerprint density at radius 1 is 1.41 bits per heavy atom. The minimum Gasteiger partial charge on any atom is -0.314 e. The van der Waals surface area contributed by atoms with Crippen molar-refractivity contribution in [3.05, 3.63) is 35.7 Å². The van der Waals surface area contributed by atoms with Crippen LogP contribution in [0.15, 0.2) is 30.1 Å². The number of rotatable bonds is 2. The lowest BCUT2D eigenvalue weighted by Gasteiger charge is -2.05. The van der Waals surface area contributed by atoms with Crippen LogP contribution < -0.4 is 10.6 Å². The Morgan fingerprint density at radius 2 is 2.18 bits per heavy atom. The largest absolute Gasteiger partial charge is 0.324 e. The number of amides is 2. The van der Waals surface area contributed by atoms with Gasteiger partial charge in [0.1, 0.15) is 5.82 Å². The summed E-state index contributed by atoms with van der Waals surface area (Å²) in [6, 6.07) is 3.49. The molecule has 2 N–H and O–H groups in total. The van der Waals surface area contributed by atoms with Crippen LogP contribution in [-0.2, 0) is 0 Å². The average molecular weight is 231 g/mol. The van der Waals surface area contributed by atoms with Gasteiger partial charge in [0.15, 0.2) is 0 Å². The fourth-order valence-corrected chi connectivity index (χ4v) is 1.90. The first-order valence-corrected chi connectivity index (χ1v) is 5.92. The lowest BCUT2D eigenvalue weighted by atomic mass is 10.2. The van der Waals surface area contributed by atoms with Crippen LogP contribution in [0.4, 0.5) is 10.6 Å². The number of allylic oxidation sites excluding steroid dienone is 1. The molecule has 4 nitrogen and oxygen atoms in total. The number of aromatic nitrogens is 1. The second-order valence-corrected chi connectivity index (χ2v) is 4.33. The van der Waals surface area contributed by atoms with Crippen LogP contribution in [0.25, 0.3) is 0 Å². The number of urea groups is 1. The second kappa shape index (κ2) is 5.48. The van der Waals surface area contributed by atoms with Crippen molar-refractivity contribution >= 4 is 11.8 Å². The Bertz CT molecular complexity index is 432. The molecule has 1 aliphatic carbocycles. The number of hydrogen-bond acceptors (Lipinski definition) is 2. The van der Waals surface area contributed by atoms with E-state index in [0.29, 0.717) is 5.82 Å². The Morgan fingerprint density at radius 3 is 2.88 bits per heavy atom. The van der Waals surface area contributed by atoms with Crippen molar-refractivity contribution in [1.29, 1.82) is 0 Å². The van der Waals surface area contributed by atoms with Gasteiger partial charge in [-0.05, 0) is 50.3 Å². The van der Waals surface area contributed by atoms with E-state index >= 15 is 0 Å². The summed E-state index contributed by atoms with van der Waals surface area (Å²) in [5.74, 6) is 0.576. The summed E-state index contributed by atoms with van der Waals surface area (Å²) in [6.45, 7) is 1.96. The van der Waals surface area contributed by atoms with Crippen LogP contribution in [0.3, 0.4) is 0 Å². The van der Waals surface area contributed by atoms with Crippen LogP contribution in [0.2, 0.25) is 0 Å². The molecule has 1 aliphatic rings. The van der Waals surface area contributed by atoms with Crippen LogP contribution >= 0.6 is 0 Å². The van der Waals surface area contributed by atoms with Crippen molar-refractivity contribution in [3.8, 4) is 0 Å². The molecule has 0 unspecified atom stereocenters. The zero-order chi connectivity index (χ0) is 12.1. The number of anilines is 1. The fraction of sp³-hybridized carbons (Fsp3) is 0.385. The van der Waals surface area contributed by atoms with E-state index in [0.717, 1.165) is 18.4 Å². The molecule has 0 atom stereocenters. The molecule has 0 radical (unpaired) electrons. The third-order valence-corrected chi connectivity index (χ3v) is 2.81. The maximum absolute atomic E-state index is 11.6. The van der Waals surface area contributed by atoms with E-state index in [1.165, 1.54) is 18.4 Å². The standard InChI is InChI=1S/C13H17N3O/c1-10-6-7-14-12(8-10)16-13(17)15-9-11-4-2-3-5-11/h6-9H,2-5H2,1H3,(H2,14,15,16,17). The molecule has 4 heteroatoms. The maximum atomic E-state index is 11.6. The first-order valence-electron chi connectivity index (χ1n) is 5.92. The molecule has 1 aromatic heterocycles. The number of aryl methyl sites for hydroxylation is 1. The van der Waals surface area contributed by atoms with Crippen molar-refractivity contribution < 1.29 is 4.79 Å². The highest BCUT2D eigenvalue weighted by atomic mass is 16.2. The van der Waals surface area contributed by atoms with Gasteiger partial charge in [-0.25, -0.2) is 9.78 Å². The van der Waals surface area contributed by atoms with E-state index in [1.54, 1.807) is 6.20 Å². The average Bonchev–Trinajstić information content (AvgIpc) is 2.79. The molecule has 1 saturated carbocycles. The van der Waals surface area contributed by atoms with E-state index in [1.807, 2.05) is 25.3 Å². The van der Waals surface area contributed by atoms with Gasteiger partial charge >= 0.3 is 6.03 Å². The molecule has 0 aromatic carbocycles. The number of carbonyl (C=O) groups excluding carboxylic acids is 1. The van der Waals surface area contributed by atoms with Crippen LogP contribution in [0.1, 0.15) is 31.2 Å². The van der Waals surface area contributed by atoms with Crippen molar-refractivity contribution in [3.63, 3.8) is 0 Å². The van der Waals surface area contributed by atoms with E-state index in [9.17, 15) is 4.79 Å². The molecule has 90 valence electrons. The highest BCUT2D eigenvalue weighted by Gasteiger charge is 2.07. The fourth-order valence-electron chi connectivity index (χ4n) is 1.90. The summed E-state index contributed by atoms with van der Waals surface area (Å²) in [4.78, 5) is 15.6. The van der Waals surface area contributed by atoms with Gasteiger partial charge in [-0.1, -0.05) is 5.57 Å². The SMILES string of the molecule is Cc1ccnc(NC(=O)NC=C2CCCC2)c1. The zero-order valence-corrected chi connectivity index (χ0v) is 9.99. The quantitative estimate of drug-likeness (QED) is 0.822. The number of nitrogens with one attached hydrogen (secondary N) is 2. The molecular weight excluding hydrogens is 214 g/mol. The number of carbonyl (C=O) groups is 1. The Labute approximate surface area is 101 Å². The summed E-state index contributed by atoms with van der Waals surface area (Å²) in [5.41, 5.74) is 2.39. The summed E-state index contributed by atoms with van der Waals surface area (Å²) >= 11 is 0. The maximum Gasteiger partial charge on any atom is 0.324 e. The first-order chi connectivity index (χ1) is 8.24. The van der Waals surface area contributed by atoms with Gasteiger partial charge in [-0.2, -0.15) is 0 Å². The second-order valence-electron chi connectivity index (χ2n) is 4.33. The molecule has 1 heterocycles. The van der Waals surface area contributed by atoms with Crippen molar-refractivity contribution in [1.82, 2.24) is 10.3 Å². The molecule has 2 amide bonds. The molecule has 0 aliphatic heterocycles. The third kappa shape index (κ3) is 3.59. The van der Waals surface area contributed by atoms with Gasteiger partial charge in [0.05, 0.1) is 0 Å². The monoisotopic (exact) mass is 231 g/mol. The van der Waals surface area contributed by atoms with Gasteiger partial charge in [0.25, 0.3) is 0 Å². The summed E-state index contributed by atoms with van der Waals surface area (Å²) in [7, 11) is 0. The third-order valence-electron chi connectivity index (χ3n) is 2.81. The lowest BCUT2D eigenvalue weighted by molar-refractivity contribution is 0.255. The van der Waals surface area contributed by atoms with Gasteiger partial charge < -0.3 is 5.32 Å². The minimum atomic E-state index is -0.234. The van der Waals surface area contributed by atoms with E-state index in [4.69, 9.17) is 0 Å². The van der Waals surface area contributed by atoms with Crippen molar-refractivity contribution in [2.24, 2.45) is 0 Å². The predicted molar refractivity (Wildman–Crippen MR) is 67.7 cm³/mol. The highest BCUT2D eigenvalue weighted by Crippen LogP contribution is 2.22. The molecule has 1 aromatic rings. The Balaban J connectivity index is 1.86. The van der Waals surface area contributed by atoms with Gasteiger partial charge in [0.2, 0.25) is 0 Å². The van der Waals surface area contributed by atoms with E-state index < -0.39 is 0 Å². The zero-order valence-electron chi connectivity index (χ0n) is 9.99. The molecule has 1 fully saturated rings. The molecular formula is C13H17N3O. The van der Waals surface area contributed by atoms with Crippen LogP contribution in [0, 0.1) is 6.92 Å². The molecule has 0 spiro atoms. The van der Waals surface area contributed by atoms with Gasteiger partial charge in [-0.15, -0.1) is 0 Å². The molecule has 0 saturated heterocycles. The van der Waals surface area contributed by atoms with Gasteiger partial charge in [0, 0.05) is 12.4 Å². The highest BCUT2D eigenvalue weighted by molar-refractivity contribution is 5.88. The van der Waals surface area contributed by atoms with Crippen molar-refractivity contribution in [2.45, 2.75) is 32.6 Å². The van der Waals surface area contributed by atoms with Gasteiger partial charge in [-0.3, -0.25) is 5.32 Å². The van der Waals surface area contributed by atoms with E-state index in [2.05, 4.69) is 15.6 Å². The van der Waals surface area contributed by atoms with Crippen LogP contribution in [-0.4, -0.2) is 11.0 Å². The van der Waals surface area contributed by atoms with E-state index in [-0.39, 0.29) is 6.03 Å². The topological polar surface area (TPSA) is 54.0 Å². The van der Waals surface area contributed by atoms with Crippen LogP contribution in [0.5, 0.6) is 0 Å². The molecule has 17 heavy (non-hydrogen) atoms. The smallest absolute Gasteiger partial charge is 0.314 e. The first kappa shape index (κ1) is 11.6. The predicted octanol–water partition coefficient (Wildman–Crippen LogP) is 2.97. The summed E-state index contributed by atoms with van der Waals surface area (Å²) in [5, 5.41) is 5.44. The number of hydrogen-bond donors (Lipinski definition) is 2. The normalized spacial score (nSPS) is 14.5. The Hall–Kier alpha value is -1.84. The number of pyridine rings is 1. The lowest BCUT2D eigenvalue weighted by Crippen LogP contribution is -2.24. The Kier molecular flexibility index (Phi) is 3.75. The number of nitrogens with zero attached hydrogens (tertiary/aromatic N) is 1.